The molecule has 1 aromatic carbocycles. The Hall–Kier alpha value is -2.51. The summed E-state index contributed by atoms with van der Waals surface area (Å²) in [6, 6.07) is 9.22. The number of fused-ring (bicyclic) bond motifs is 2. The van der Waals surface area contributed by atoms with Gasteiger partial charge in [-0.05, 0) is 37.1 Å². The summed E-state index contributed by atoms with van der Waals surface area (Å²) in [5, 5.41) is 6.20. The third-order valence-electron chi connectivity index (χ3n) is 5.41. The van der Waals surface area contributed by atoms with Crippen LogP contribution in [0, 0.1) is 0 Å². The van der Waals surface area contributed by atoms with Crippen LogP contribution in [0.4, 0.5) is 0 Å². The van der Waals surface area contributed by atoms with E-state index in [9.17, 15) is 9.59 Å². The van der Waals surface area contributed by atoms with Crippen molar-refractivity contribution in [3.63, 3.8) is 0 Å². The van der Waals surface area contributed by atoms with Gasteiger partial charge in [0.15, 0.2) is 0 Å². The molecule has 0 aliphatic carbocycles. The van der Waals surface area contributed by atoms with Gasteiger partial charge in [-0.1, -0.05) is 30.7 Å². The molecule has 142 valence electrons. The van der Waals surface area contributed by atoms with Crippen molar-refractivity contribution in [1.29, 1.82) is 0 Å². The maximum absolute atomic E-state index is 12.8. The van der Waals surface area contributed by atoms with Crippen molar-refractivity contribution < 1.29 is 9.59 Å². The Morgan fingerprint density at radius 1 is 0.963 bits per heavy atom. The van der Waals surface area contributed by atoms with E-state index in [1.54, 1.807) is 6.20 Å². The van der Waals surface area contributed by atoms with E-state index < -0.39 is 5.91 Å². The third kappa shape index (κ3) is 3.79. The Labute approximate surface area is 158 Å². The van der Waals surface area contributed by atoms with Gasteiger partial charge in [0, 0.05) is 31.2 Å². The van der Waals surface area contributed by atoms with Crippen LogP contribution >= 0.6 is 0 Å². The first-order valence-electron chi connectivity index (χ1n) is 9.69. The third-order valence-corrected chi connectivity index (χ3v) is 5.41. The lowest BCUT2D eigenvalue weighted by Gasteiger charge is -2.42. The molecule has 0 bridgehead atoms. The largest absolute Gasteiger partial charge is 0.288 e. The fraction of sp³-hybridized carbons (Fsp3) is 0.450. The fourth-order valence-electron chi connectivity index (χ4n) is 4.05. The molecule has 2 N–H and O–H groups in total. The van der Waals surface area contributed by atoms with Crippen LogP contribution in [-0.2, 0) is 4.79 Å². The van der Waals surface area contributed by atoms with E-state index in [0.717, 1.165) is 49.7 Å². The molecular formula is C20H25N5O2. The number of nitrogens with zero attached hydrogens (tertiary/aromatic N) is 3. The lowest BCUT2D eigenvalue weighted by molar-refractivity contribution is -0.143. The summed E-state index contributed by atoms with van der Waals surface area (Å²) in [6.45, 7) is 2.92. The van der Waals surface area contributed by atoms with Crippen LogP contribution in [0.15, 0.2) is 36.5 Å². The predicted octanol–water partition coefficient (Wildman–Crippen LogP) is 1.86. The van der Waals surface area contributed by atoms with Crippen molar-refractivity contribution in [2.24, 2.45) is 0 Å². The first kappa shape index (κ1) is 17.9. The van der Waals surface area contributed by atoms with Crippen molar-refractivity contribution >= 4 is 22.6 Å². The number of carbonyl (C=O) groups excluding carboxylic acids is 2. The van der Waals surface area contributed by atoms with E-state index in [0.29, 0.717) is 5.69 Å². The van der Waals surface area contributed by atoms with E-state index in [1.807, 2.05) is 30.3 Å². The van der Waals surface area contributed by atoms with Gasteiger partial charge in [0.1, 0.15) is 11.7 Å². The minimum absolute atomic E-state index is 0.157. The molecule has 4 rings (SSSR count). The highest BCUT2D eigenvalue weighted by molar-refractivity contribution is 6.05. The van der Waals surface area contributed by atoms with E-state index >= 15 is 0 Å². The molecular weight excluding hydrogens is 342 g/mol. The Morgan fingerprint density at radius 2 is 1.78 bits per heavy atom. The Morgan fingerprint density at radius 3 is 2.70 bits per heavy atom. The fourth-order valence-corrected chi connectivity index (χ4v) is 4.05. The first-order valence-corrected chi connectivity index (χ1v) is 9.69. The number of rotatable bonds is 2. The molecule has 1 unspecified atom stereocenters. The number of benzene rings is 1. The van der Waals surface area contributed by atoms with Gasteiger partial charge in [-0.25, -0.2) is 10.0 Å². The number of hydrogen-bond donors (Lipinski definition) is 2. The second-order valence-electron chi connectivity index (χ2n) is 7.16. The molecule has 7 nitrogen and oxygen atoms in total. The molecule has 1 atom stereocenters. The molecule has 0 radical (unpaired) electrons. The van der Waals surface area contributed by atoms with Crippen LogP contribution in [0.5, 0.6) is 0 Å². The van der Waals surface area contributed by atoms with Crippen LogP contribution < -0.4 is 10.9 Å². The van der Waals surface area contributed by atoms with Gasteiger partial charge in [-0.2, -0.15) is 0 Å². The van der Waals surface area contributed by atoms with Gasteiger partial charge in [0.25, 0.3) is 11.8 Å². The zero-order valence-electron chi connectivity index (χ0n) is 15.4. The van der Waals surface area contributed by atoms with Crippen LogP contribution in [0.3, 0.4) is 0 Å². The van der Waals surface area contributed by atoms with Crippen LogP contribution in [0.1, 0.15) is 42.6 Å². The first-order chi connectivity index (χ1) is 13.2. The lowest BCUT2D eigenvalue weighted by atomic mass is 10.1. The number of hydrogen-bond acceptors (Lipinski definition) is 5. The Balaban J connectivity index is 1.43. The molecule has 2 fully saturated rings. The second-order valence-corrected chi connectivity index (χ2v) is 7.16. The van der Waals surface area contributed by atoms with Gasteiger partial charge in [-0.15, -0.1) is 0 Å². The van der Waals surface area contributed by atoms with Crippen LogP contribution in [0.25, 0.3) is 10.8 Å². The number of nitrogens with one attached hydrogen (secondary N) is 2. The van der Waals surface area contributed by atoms with Crippen molar-refractivity contribution in [1.82, 2.24) is 25.9 Å². The molecule has 7 heteroatoms. The predicted molar refractivity (Wildman–Crippen MR) is 103 cm³/mol. The highest BCUT2D eigenvalue weighted by atomic mass is 16.2. The topological polar surface area (TPSA) is 77.6 Å². The average Bonchev–Trinajstić information content (AvgIpc) is 2.96. The molecule has 0 spiro atoms. The van der Waals surface area contributed by atoms with Crippen LogP contribution in [0.2, 0.25) is 0 Å². The lowest BCUT2D eigenvalue weighted by Crippen LogP contribution is -2.59. The summed E-state index contributed by atoms with van der Waals surface area (Å²) >= 11 is 0. The minimum Gasteiger partial charge on any atom is -0.271 e. The smallest absolute Gasteiger partial charge is 0.271 e. The monoisotopic (exact) mass is 367 g/mol. The second kappa shape index (κ2) is 8.02. The summed E-state index contributed by atoms with van der Waals surface area (Å²) in [4.78, 5) is 29.5. The van der Waals surface area contributed by atoms with E-state index in [-0.39, 0.29) is 11.9 Å². The maximum atomic E-state index is 12.8. The van der Waals surface area contributed by atoms with E-state index in [1.165, 1.54) is 12.8 Å². The van der Waals surface area contributed by atoms with Gasteiger partial charge < -0.3 is 0 Å². The highest BCUT2D eigenvalue weighted by Crippen LogP contribution is 2.22. The number of aromatic nitrogens is 1. The summed E-state index contributed by atoms with van der Waals surface area (Å²) in [7, 11) is 0. The van der Waals surface area contributed by atoms with Crippen LogP contribution in [-0.4, -0.2) is 52.5 Å². The van der Waals surface area contributed by atoms with Gasteiger partial charge in [-0.3, -0.25) is 25.4 Å². The summed E-state index contributed by atoms with van der Waals surface area (Å²) in [5.74, 6) is -0.557. The summed E-state index contributed by atoms with van der Waals surface area (Å²) in [5.41, 5.74) is 5.49. The number of pyridine rings is 1. The zero-order chi connectivity index (χ0) is 18.6. The minimum atomic E-state index is -0.399. The molecule has 2 aliphatic heterocycles. The number of amides is 2. The molecule has 2 saturated heterocycles. The average molecular weight is 367 g/mol. The summed E-state index contributed by atoms with van der Waals surface area (Å²) in [6.07, 6.45) is 6.89. The SMILES string of the molecule is O=C(NNC(=O)C1CCCN2CCCCCN12)c1nccc2ccccc12. The zero-order valence-corrected chi connectivity index (χ0v) is 15.4. The van der Waals surface area contributed by atoms with Crippen molar-refractivity contribution in [2.45, 2.75) is 38.1 Å². The maximum Gasteiger partial charge on any atom is 0.288 e. The van der Waals surface area contributed by atoms with E-state index in [4.69, 9.17) is 0 Å². The molecule has 0 saturated carbocycles. The molecule has 1 aromatic heterocycles. The van der Waals surface area contributed by atoms with Crippen molar-refractivity contribution in [3.8, 4) is 0 Å². The van der Waals surface area contributed by atoms with Gasteiger partial charge >= 0.3 is 0 Å². The molecule has 2 aromatic rings. The normalized spacial score (nSPS) is 21.3. The quantitative estimate of drug-likeness (QED) is 0.793. The van der Waals surface area contributed by atoms with E-state index in [2.05, 4.69) is 25.9 Å². The molecule has 27 heavy (non-hydrogen) atoms. The Kier molecular flexibility index (Phi) is 5.31. The highest BCUT2D eigenvalue weighted by Gasteiger charge is 2.34. The number of carbonyl (C=O) groups is 2. The van der Waals surface area contributed by atoms with Gasteiger partial charge in [0.2, 0.25) is 0 Å². The Bertz CT molecular complexity index is 835. The molecule has 2 aliphatic rings. The van der Waals surface area contributed by atoms with Crippen molar-refractivity contribution in [2.75, 3.05) is 19.6 Å². The molecule has 2 amide bonds. The van der Waals surface area contributed by atoms with Crippen molar-refractivity contribution in [3.05, 3.63) is 42.2 Å². The van der Waals surface area contributed by atoms with Gasteiger partial charge in [0.05, 0.1) is 0 Å². The standard InChI is InChI=1S/C20H25N5O2/c26-19(17-9-6-13-24-12-4-1-5-14-25(17)24)22-23-20(27)18-16-8-3-2-7-15(16)10-11-21-18/h2-3,7-8,10-11,17H,1,4-6,9,12-14H2,(H,22,26)(H,23,27). The molecule has 3 heterocycles. The summed E-state index contributed by atoms with van der Waals surface area (Å²) < 4.78 is 0. The number of hydrazine groups is 2.